The van der Waals surface area contributed by atoms with Gasteiger partial charge in [-0.25, -0.2) is 0 Å². The minimum absolute atomic E-state index is 0.0477. The molecule has 0 amide bonds. The van der Waals surface area contributed by atoms with Gasteiger partial charge in [0.15, 0.2) is 17.6 Å². The predicted molar refractivity (Wildman–Crippen MR) is 86.1 cm³/mol. The summed E-state index contributed by atoms with van der Waals surface area (Å²) in [5, 5.41) is 0. The first-order chi connectivity index (χ1) is 11.2. The SMILES string of the molecule is COC1=CC=C2[C@H]3Cc4ccc(OC)c5c4[C@@]2(CC[NH+]3C)[C@H]1O5. The van der Waals surface area contributed by atoms with Crippen molar-refractivity contribution in [3.8, 4) is 11.5 Å². The molecule has 0 saturated carbocycles. The van der Waals surface area contributed by atoms with Crippen LogP contribution in [-0.4, -0.2) is 40.0 Å². The number of methoxy groups -OCH3 is 2. The van der Waals surface area contributed by atoms with E-state index < -0.39 is 0 Å². The number of hydrogen-bond donors (Lipinski definition) is 1. The molecule has 4 nitrogen and oxygen atoms in total. The van der Waals surface area contributed by atoms with E-state index in [1.165, 1.54) is 16.7 Å². The molecule has 1 fully saturated rings. The van der Waals surface area contributed by atoms with E-state index in [4.69, 9.17) is 14.2 Å². The summed E-state index contributed by atoms with van der Waals surface area (Å²) in [6.07, 6.45) is 6.53. The standard InChI is InChI=1S/C19H21NO3/c1-20-9-8-19-12-5-7-15(22-3)18(19)23-17-14(21-2)6-4-11(16(17)19)10-13(12)20/h4-7,13,18H,8-10H2,1-3H3/p+1/t13-,18+,19+/m1/s1. The zero-order valence-corrected chi connectivity index (χ0v) is 13.8. The fourth-order valence-electron chi connectivity index (χ4n) is 5.24. The Kier molecular flexibility index (Phi) is 2.54. The summed E-state index contributed by atoms with van der Waals surface area (Å²) in [5.41, 5.74) is 4.25. The van der Waals surface area contributed by atoms with E-state index in [1.54, 1.807) is 19.1 Å². The van der Waals surface area contributed by atoms with Crippen LogP contribution in [0.25, 0.3) is 0 Å². The van der Waals surface area contributed by atoms with E-state index in [9.17, 15) is 0 Å². The average molecular weight is 312 g/mol. The zero-order chi connectivity index (χ0) is 15.8. The molecule has 1 aromatic rings. The van der Waals surface area contributed by atoms with Crippen molar-refractivity contribution in [1.82, 2.24) is 0 Å². The molecule has 1 saturated heterocycles. The monoisotopic (exact) mass is 312 g/mol. The second-order valence-corrected chi connectivity index (χ2v) is 7.10. The predicted octanol–water partition coefficient (Wildman–Crippen LogP) is 1.01. The van der Waals surface area contributed by atoms with E-state index in [1.807, 2.05) is 0 Å². The van der Waals surface area contributed by atoms with Crippen molar-refractivity contribution in [3.05, 3.63) is 46.7 Å². The van der Waals surface area contributed by atoms with Gasteiger partial charge < -0.3 is 19.1 Å². The Morgan fingerprint density at radius 1 is 1.22 bits per heavy atom. The highest BCUT2D eigenvalue weighted by molar-refractivity contribution is 5.67. The summed E-state index contributed by atoms with van der Waals surface area (Å²) in [4.78, 5) is 1.60. The van der Waals surface area contributed by atoms with Gasteiger partial charge in [0, 0.05) is 24.0 Å². The topological polar surface area (TPSA) is 32.1 Å². The Morgan fingerprint density at radius 2 is 2.09 bits per heavy atom. The Balaban J connectivity index is 1.84. The van der Waals surface area contributed by atoms with Gasteiger partial charge in [-0.05, 0) is 17.7 Å². The summed E-state index contributed by atoms with van der Waals surface area (Å²) in [5.74, 6) is 2.70. The zero-order valence-electron chi connectivity index (χ0n) is 13.8. The van der Waals surface area contributed by atoms with Crippen LogP contribution in [0.2, 0.25) is 0 Å². The lowest BCUT2D eigenvalue weighted by Crippen LogP contribution is -3.15. The van der Waals surface area contributed by atoms with Crippen molar-refractivity contribution in [1.29, 1.82) is 0 Å². The van der Waals surface area contributed by atoms with E-state index >= 15 is 0 Å². The van der Waals surface area contributed by atoms with Gasteiger partial charge in [-0.2, -0.15) is 0 Å². The van der Waals surface area contributed by atoms with Crippen LogP contribution in [0.5, 0.6) is 11.5 Å². The molecule has 1 spiro atoms. The molecule has 2 aliphatic heterocycles. The van der Waals surface area contributed by atoms with Gasteiger partial charge in [0.1, 0.15) is 11.8 Å². The fourth-order valence-corrected chi connectivity index (χ4v) is 5.24. The maximum atomic E-state index is 6.47. The van der Waals surface area contributed by atoms with Crippen molar-refractivity contribution in [2.24, 2.45) is 0 Å². The summed E-state index contributed by atoms with van der Waals surface area (Å²) >= 11 is 0. The van der Waals surface area contributed by atoms with Gasteiger partial charge >= 0.3 is 0 Å². The van der Waals surface area contributed by atoms with Crippen LogP contribution in [-0.2, 0) is 16.6 Å². The summed E-state index contributed by atoms with van der Waals surface area (Å²) in [6, 6.07) is 4.83. The molecule has 1 N–H and O–H groups in total. The minimum atomic E-state index is -0.0538. The molecule has 2 heterocycles. The number of quaternary nitrogens is 1. The van der Waals surface area contributed by atoms with Crippen LogP contribution in [0.3, 0.4) is 0 Å². The Hall–Kier alpha value is -1.94. The van der Waals surface area contributed by atoms with Crippen LogP contribution in [0.15, 0.2) is 35.6 Å². The van der Waals surface area contributed by atoms with Crippen LogP contribution in [0, 0.1) is 0 Å². The summed E-state index contributed by atoms with van der Waals surface area (Å²) < 4.78 is 17.7. The van der Waals surface area contributed by atoms with E-state index in [2.05, 4.69) is 31.3 Å². The molecule has 2 bridgehead atoms. The van der Waals surface area contributed by atoms with E-state index in [0.29, 0.717) is 6.04 Å². The maximum absolute atomic E-state index is 6.47. The lowest BCUT2D eigenvalue weighted by Gasteiger charge is -2.50. The van der Waals surface area contributed by atoms with Gasteiger partial charge in [0.2, 0.25) is 0 Å². The van der Waals surface area contributed by atoms with Crippen LogP contribution in [0.4, 0.5) is 0 Å². The van der Waals surface area contributed by atoms with Crippen LogP contribution >= 0.6 is 0 Å². The Morgan fingerprint density at radius 3 is 2.87 bits per heavy atom. The molecular weight excluding hydrogens is 290 g/mol. The van der Waals surface area contributed by atoms with Crippen molar-refractivity contribution < 1.29 is 19.1 Å². The number of allylic oxidation sites excluding steroid dienone is 2. The van der Waals surface area contributed by atoms with Gasteiger partial charge in [0.05, 0.1) is 33.2 Å². The average Bonchev–Trinajstić information content (AvgIpc) is 2.92. The molecule has 0 aromatic heterocycles. The molecule has 1 unspecified atom stereocenters. The van der Waals surface area contributed by atoms with Gasteiger partial charge in [-0.3, -0.25) is 0 Å². The highest BCUT2D eigenvalue weighted by Gasteiger charge is 2.63. The second kappa shape index (κ2) is 4.32. The summed E-state index contributed by atoms with van der Waals surface area (Å²) in [7, 11) is 5.77. The van der Waals surface area contributed by atoms with Crippen molar-refractivity contribution >= 4 is 0 Å². The molecule has 1 aromatic carbocycles. The Bertz CT molecular complexity index is 766. The first kappa shape index (κ1) is 13.5. The van der Waals surface area contributed by atoms with Crippen LogP contribution in [0.1, 0.15) is 17.5 Å². The third-order valence-corrected chi connectivity index (χ3v) is 6.30. The molecule has 120 valence electrons. The maximum Gasteiger partial charge on any atom is 0.169 e. The number of piperidine rings is 1. The second-order valence-electron chi connectivity index (χ2n) is 7.10. The molecule has 4 aliphatic rings. The molecule has 2 aliphatic carbocycles. The Labute approximate surface area is 136 Å². The largest absolute Gasteiger partial charge is 0.497 e. The number of likely N-dealkylation sites (N-methyl/N-ethyl adjacent to an activating group) is 1. The fraction of sp³-hybridized carbons (Fsp3) is 0.474. The van der Waals surface area contributed by atoms with E-state index in [-0.39, 0.29) is 11.5 Å². The number of rotatable bonds is 2. The van der Waals surface area contributed by atoms with Gasteiger partial charge in [-0.15, -0.1) is 0 Å². The number of likely N-dealkylation sites (tertiary alicyclic amines) is 1. The number of benzene rings is 1. The lowest BCUT2D eigenvalue weighted by molar-refractivity contribution is -0.906. The molecule has 4 heteroatoms. The normalized spacial score (nSPS) is 35.7. The third kappa shape index (κ3) is 1.41. The molecule has 5 rings (SSSR count). The highest BCUT2D eigenvalue weighted by atomic mass is 16.6. The molecule has 0 radical (unpaired) electrons. The minimum Gasteiger partial charge on any atom is -0.497 e. The quantitative estimate of drug-likeness (QED) is 0.884. The van der Waals surface area contributed by atoms with E-state index in [0.717, 1.165) is 36.6 Å². The van der Waals surface area contributed by atoms with Gasteiger partial charge in [-0.1, -0.05) is 12.1 Å². The first-order valence-corrected chi connectivity index (χ1v) is 8.36. The third-order valence-electron chi connectivity index (χ3n) is 6.30. The van der Waals surface area contributed by atoms with Crippen molar-refractivity contribution in [2.75, 3.05) is 27.8 Å². The lowest BCUT2D eigenvalue weighted by atomic mass is 9.57. The summed E-state index contributed by atoms with van der Waals surface area (Å²) in [6.45, 7) is 1.16. The van der Waals surface area contributed by atoms with Crippen LogP contribution < -0.4 is 14.4 Å². The van der Waals surface area contributed by atoms with Crippen molar-refractivity contribution in [3.63, 3.8) is 0 Å². The van der Waals surface area contributed by atoms with Crippen molar-refractivity contribution in [2.45, 2.75) is 30.4 Å². The molecule has 4 atom stereocenters. The first-order valence-electron chi connectivity index (χ1n) is 8.36. The van der Waals surface area contributed by atoms with Gasteiger partial charge in [0.25, 0.3) is 0 Å². The smallest absolute Gasteiger partial charge is 0.169 e. The number of hydrogen-bond acceptors (Lipinski definition) is 3. The number of nitrogens with one attached hydrogen (secondary N) is 1. The molecule has 23 heavy (non-hydrogen) atoms. The number of ether oxygens (including phenoxy) is 3. The highest BCUT2D eigenvalue weighted by Crippen LogP contribution is 2.60. The molecular formula is C19H22NO3+.